The zero-order valence-corrected chi connectivity index (χ0v) is 28.9. The second-order valence-electron chi connectivity index (χ2n) is 15.3. The fourth-order valence-corrected chi connectivity index (χ4v) is 10.1. The van der Waals surface area contributed by atoms with E-state index >= 15 is 0 Å². The summed E-state index contributed by atoms with van der Waals surface area (Å²) < 4.78 is 0. The monoisotopic (exact) mass is 643 g/mol. The highest BCUT2D eigenvalue weighted by Crippen LogP contribution is 2.52. The van der Waals surface area contributed by atoms with E-state index in [-0.39, 0.29) is 0 Å². The number of nitrogens with zero attached hydrogens (tertiary/aromatic N) is 5. The van der Waals surface area contributed by atoms with Crippen LogP contribution in [0.25, 0.3) is 32.7 Å². The summed E-state index contributed by atoms with van der Waals surface area (Å²) in [7, 11) is 0. The molecule has 7 heteroatoms. The van der Waals surface area contributed by atoms with Gasteiger partial charge in [-0.1, -0.05) is 60.7 Å². The first-order valence-electron chi connectivity index (χ1n) is 19.3. The van der Waals surface area contributed by atoms with Crippen molar-refractivity contribution in [2.75, 3.05) is 57.3 Å². The van der Waals surface area contributed by atoms with Crippen LogP contribution in [0, 0.1) is 0 Å². The van der Waals surface area contributed by atoms with Crippen LogP contribution in [0.5, 0.6) is 0 Å². The fourth-order valence-electron chi connectivity index (χ4n) is 10.1. The molecule has 0 aromatic heterocycles. The molecule has 4 fully saturated rings. The Balaban J connectivity index is 1.16. The number of hydrogen-bond donors (Lipinski definition) is 0. The molecule has 246 valence electrons. The van der Waals surface area contributed by atoms with Crippen LogP contribution in [0.15, 0.2) is 91.0 Å². The molecule has 5 heterocycles. The smallest absolute Gasteiger partial charge is 0.324 e. The van der Waals surface area contributed by atoms with Crippen molar-refractivity contribution in [3.05, 3.63) is 91.0 Å². The van der Waals surface area contributed by atoms with Crippen LogP contribution in [0.3, 0.4) is 0 Å². The summed E-state index contributed by atoms with van der Waals surface area (Å²) in [5.74, 6) is 0. The van der Waals surface area contributed by atoms with Crippen LogP contribution in [-0.4, -0.2) is 85.6 Å². The van der Waals surface area contributed by atoms with Gasteiger partial charge >= 0.3 is 14.0 Å². The molecule has 0 unspecified atom stereocenters. The van der Waals surface area contributed by atoms with Gasteiger partial charge in [0.1, 0.15) is 0 Å². The van der Waals surface area contributed by atoms with Gasteiger partial charge in [-0.3, -0.25) is 0 Å². The maximum atomic E-state index is 2.75. The molecule has 4 saturated heterocycles. The van der Waals surface area contributed by atoms with Crippen LogP contribution >= 0.6 is 0 Å². The van der Waals surface area contributed by atoms with Crippen molar-refractivity contribution >= 4 is 63.5 Å². The lowest BCUT2D eigenvalue weighted by molar-refractivity contribution is 0.436. The molecule has 0 amide bonds. The number of rotatable bonds is 7. The van der Waals surface area contributed by atoms with Crippen molar-refractivity contribution < 1.29 is 0 Å². The molecule has 0 atom stereocenters. The standard InChI is InChI=1S/C42H47B2N5/c1-2-13-35(14-3-1)49-40-16-12-15-37-38-30-33(43(45-21-4-5-22-45)46-23-6-7-24-46)18-17-32(38)29-39(42(37)40)36-20-19-34(31-41(36)49)44(47-25-8-9-26-47)48-27-10-11-28-48/h1-3,12-20,29-31H,4-11,21-28H2. The number of benzene rings is 5. The second-order valence-corrected chi connectivity index (χ2v) is 15.3. The first-order chi connectivity index (χ1) is 24.3. The van der Waals surface area contributed by atoms with Gasteiger partial charge in [-0.05, 0) is 167 Å². The average Bonchev–Trinajstić information content (AvgIpc) is 4.00. The first kappa shape index (κ1) is 30.2. The SMILES string of the molecule is c1ccc(N2c3cc(B(N4CCCC4)N4CCCC4)ccc3-c3cc4ccc(B(N5CCCC5)N5CCCC5)cc4c4cccc2c34)cc1. The molecule has 5 aromatic carbocycles. The third kappa shape index (κ3) is 5.16. The van der Waals surface area contributed by atoms with Crippen LogP contribution in [0.1, 0.15) is 51.4 Å². The normalized spacial score (nSPS) is 20.2. The van der Waals surface area contributed by atoms with Crippen LogP contribution in [0.2, 0.25) is 0 Å². The van der Waals surface area contributed by atoms with Crippen molar-refractivity contribution in [3.63, 3.8) is 0 Å². The fraction of sp³-hybridized carbons (Fsp3) is 0.381. The average molecular weight is 643 g/mol. The summed E-state index contributed by atoms with van der Waals surface area (Å²) in [5.41, 5.74) is 9.46. The number of fused-ring (bicyclic) bond motifs is 4. The summed E-state index contributed by atoms with van der Waals surface area (Å²) in [4.78, 5) is 13.6. The van der Waals surface area contributed by atoms with E-state index in [1.165, 1.54) is 164 Å². The molecule has 5 aromatic rings. The van der Waals surface area contributed by atoms with Crippen molar-refractivity contribution in [2.45, 2.75) is 51.4 Å². The van der Waals surface area contributed by atoms with E-state index in [9.17, 15) is 0 Å². The van der Waals surface area contributed by atoms with Gasteiger partial charge in [-0.25, -0.2) is 0 Å². The Morgan fingerprint density at radius 2 is 0.959 bits per heavy atom. The van der Waals surface area contributed by atoms with E-state index < -0.39 is 0 Å². The van der Waals surface area contributed by atoms with E-state index in [1.54, 1.807) is 0 Å². The molecule has 10 rings (SSSR count). The van der Waals surface area contributed by atoms with E-state index in [0.717, 1.165) is 0 Å². The van der Waals surface area contributed by atoms with Gasteiger partial charge in [0.15, 0.2) is 0 Å². The number of para-hydroxylation sites is 1. The quantitative estimate of drug-likeness (QED) is 0.135. The molecular weight excluding hydrogens is 596 g/mol. The lowest BCUT2D eigenvalue weighted by Crippen LogP contribution is -2.58. The molecule has 5 aliphatic rings. The van der Waals surface area contributed by atoms with Crippen molar-refractivity contribution in [2.24, 2.45) is 0 Å². The van der Waals surface area contributed by atoms with Crippen LogP contribution in [-0.2, 0) is 0 Å². The molecule has 0 N–H and O–H groups in total. The summed E-state index contributed by atoms with van der Waals surface area (Å²) in [6.45, 7) is 10.4. The van der Waals surface area contributed by atoms with E-state index in [1.807, 2.05) is 0 Å². The molecule has 5 aliphatic heterocycles. The Labute approximate surface area is 292 Å². The predicted molar refractivity (Wildman–Crippen MR) is 209 cm³/mol. The molecule has 0 spiro atoms. The van der Waals surface area contributed by atoms with E-state index in [4.69, 9.17) is 0 Å². The van der Waals surface area contributed by atoms with Gasteiger partial charge in [0.2, 0.25) is 0 Å². The molecule has 5 nitrogen and oxygen atoms in total. The Kier molecular flexibility index (Phi) is 7.78. The minimum Gasteiger partial charge on any atom is -0.324 e. The van der Waals surface area contributed by atoms with Gasteiger partial charge in [-0.2, -0.15) is 0 Å². The molecule has 0 saturated carbocycles. The largest absolute Gasteiger partial charge is 0.346 e. The minimum absolute atomic E-state index is 0.360. The third-order valence-electron chi connectivity index (χ3n) is 12.3. The van der Waals surface area contributed by atoms with Crippen molar-refractivity contribution in [1.29, 1.82) is 0 Å². The first-order valence-corrected chi connectivity index (χ1v) is 19.3. The minimum atomic E-state index is 0.360. The molecular formula is C42H47B2N5. The van der Waals surface area contributed by atoms with E-state index in [0.29, 0.717) is 14.0 Å². The second kappa shape index (κ2) is 12.6. The summed E-state index contributed by atoms with van der Waals surface area (Å²) in [6.07, 6.45) is 10.5. The zero-order valence-electron chi connectivity index (χ0n) is 28.9. The summed E-state index contributed by atoms with van der Waals surface area (Å²) in [5, 5.41) is 5.49. The number of hydrogen-bond acceptors (Lipinski definition) is 5. The van der Waals surface area contributed by atoms with Crippen LogP contribution in [0.4, 0.5) is 17.1 Å². The Morgan fingerprint density at radius 1 is 0.408 bits per heavy atom. The molecule has 49 heavy (non-hydrogen) atoms. The maximum Gasteiger partial charge on any atom is 0.346 e. The molecule has 0 aliphatic carbocycles. The van der Waals surface area contributed by atoms with Gasteiger partial charge in [-0.15, -0.1) is 0 Å². The summed E-state index contributed by atoms with van der Waals surface area (Å²) >= 11 is 0. The van der Waals surface area contributed by atoms with Gasteiger partial charge in [0.25, 0.3) is 0 Å². The molecule has 0 bridgehead atoms. The van der Waals surface area contributed by atoms with E-state index in [2.05, 4.69) is 115 Å². The van der Waals surface area contributed by atoms with Crippen molar-refractivity contribution in [3.8, 4) is 11.1 Å². The number of anilines is 3. The highest BCUT2D eigenvalue weighted by atomic mass is 15.2. The lowest BCUT2D eigenvalue weighted by atomic mass is 9.63. The Hall–Kier alpha value is -3.61. The lowest BCUT2D eigenvalue weighted by Gasteiger charge is -2.36. The topological polar surface area (TPSA) is 16.2 Å². The Bertz CT molecular complexity index is 1960. The van der Waals surface area contributed by atoms with Crippen molar-refractivity contribution in [1.82, 2.24) is 19.2 Å². The van der Waals surface area contributed by atoms with Gasteiger partial charge in [0.05, 0.1) is 11.4 Å². The zero-order chi connectivity index (χ0) is 32.3. The summed E-state index contributed by atoms with van der Waals surface area (Å²) in [6, 6.07) is 35.6. The van der Waals surface area contributed by atoms with Gasteiger partial charge < -0.3 is 24.1 Å². The molecule has 0 radical (unpaired) electrons. The van der Waals surface area contributed by atoms with Gasteiger partial charge in [0, 0.05) is 16.6 Å². The highest BCUT2D eigenvalue weighted by Gasteiger charge is 2.38. The van der Waals surface area contributed by atoms with Crippen LogP contribution < -0.4 is 15.8 Å². The maximum absolute atomic E-state index is 2.75. The predicted octanol–water partition coefficient (Wildman–Crippen LogP) is 7.22. The highest BCUT2D eigenvalue weighted by molar-refractivity contribution is 6.69. The Morgan fingerprint density at radius 3 is 1.55 bits per heavy atom. The third-order valence-corrected chi connectivity index (χ3v) is 12.3.